The van der Waals surface area contributed by atoms with Crippen molar-refractivity contribution >= 4 is 11.8 Å². The number of unbranched alkanes of at least 4 members (excludes halogenated alkanes) is 3. The van der Waals surface area contributed by atoms with Crippen molar-refractivity contribution in [3.05, 3.63) is 61.5 Å². The zero-order valence-electron chi connectivity index (χ0n) is 15.1. The molecule has 0 saturated heterocycles. The average molecular weight is 339 g/mol. The van der Waals surface area contributed by atoms with Crippen molar-refractivity contribution in [1.29, 1.82) is 0 Å². The number of anilines is 1. The highest BCUT2D eigenvalue weighted by atomic mass is 16.3. The fourth-order valence-corrected chi connectivity index (χ4v) is 3.71. The molecule has 1 heterocycles. The van der Waals surface area contributed by atoms with E-state index in [1.807, 2.05) is 12.1 Å². The Bertz CT molecular complexity index is 885. The highest BCUT2D eigenvalue weighted by Gasteiger charge is 2.40. The summed E-state index contributed by atoms with van der Waals surface area (Å²) in [5.41, 5.74) is 1.79. The van der Waals surface area contributed by atoms with Crippen LogP contribution in [0.15, 0.2) is 39.6 Å². The van der Waals surface area contributed by atoms with Crippen molar-refractivity contribution in [3.63, 3.8) is 0 Å². The van der Waals surface area contributed by atoms with Crippen LogP contribution in [0.1, 0.15) is 57.6 Å². The van der Waals surface area contributed by atoms with Crippen LogP contribution in [0.25, 0.3) is 6.08 Å². The van der Waals surface area contributed by atoms with Gasteiger partial charge in [0.2, 0.25) is 5.43 Å². The molecule has 0 spiro atoms. The third kappa shape index (κ3) is 2.80. The second-order valence-corrected chi connectivity index (χ2v) is 7.30. The summed E-state index contributed by atoms with van der Waals surface area (Å²) in [6.07, 6.45) is 6.32. The standard InChI is InChI=1S/C21H25NO3/c1-4-5-6-9-12-22-16-11-8-7-10-15(16)21(2,3)17(22)13-14-18(23)20(25)19(14)24/h7-8,10-11,13,23H,4-6,9,12H2,1-3H3. The summed E-state index contributed by atoms with van der Waals surface area (Å²) in [6.45, 7) is 7.29. The lowest BCUT2D eigenvalue weighted by molar-refractivity contribution is 0.461. The summed E-state index contributed by atoms with van der Waals surface area (Å²) < 4.78 is 0. The minimum atomic E-state index is -0.783. The van der Waals surface area contributed by atoms with Crippen molar-refractivity contribution in [3.8, 4) is 5.75 Å². The molecule has 2 aromatic carbocycles. The second-order valence-electron chi connectivity index (χ2n) is 7.30. The van der Waals surface area contributed by atoms with Gasteiger partial charge in [0.15, 0.2) is 5.75 Å². The maximum atomic E-state index is 11.8. The number of nitrogens with zero attached hydrogens (tertiary/aromatic N) is 1. The van der Waals surface area contributed by atoms with Crippen molar-refractivity contribution in [2.75, 3.05) is 11.4 Å². The molecule has 2 aromatic rings. The van der Waals surface area contributed by atoms with E-state index in [-0.39, 0.29) is 11.0 Å². The van der Waals surface area contributed by atoms with Crippen molar-refractivity contribution in [2.24, 2.45) is 0 Å². The summed E-state index contributed by atoms with van der Waals surface area (Å²) in [4.78, 5) is 25.4. The normalized spacial score (nSPS) is 17.4. The Morgan fingerprint density at radius 2 is 1.80 bits per heavy atom. The van der Waals surface area contributed by atoms with Gasteiger partial charge in [-0.05, 0) is 24.1 Å². The predicted octanol–water partition coefficient (Wildman–Crippen LogP) is 3.71. The molecule has 0 aromatic heterocycles. The van der Waals surface area contributed by atoms with Gasteiger partial charge < -0.3 is 10.0 Å². The molecule has 0 bridgehead atoms. The fourth-order valence-electron chi connectivity index (χ4n) is 3.71. The number of benzene rings is 1. The van der Waals surface area contributed by atoms with Gasteiger partial charge in [-0.1, -0.05) is 58.2 Å². The third-order valence-electron chi connectivity index (χ3n) is 5.24. The van der Waals surface area contributed by atoms with Crippen molar-refractivity contribution in [2.45, 2.75) is 51.9 Å². The Hall–Kier alpha value is -2.36. The molecule has 1 N–H and O–H groups in total. The Labute approximate surface area is 148 Å². The quantitative estimate of drug-likeness (QED) is 0.644. The number of para-hydroxylation sites is 1. The Balaban J connectivity index is 2.02. The highest BCUT2D eigenvalue weighted by molar-refractivity contribution is 5.77. The van der Waals surface area contributed by atoms with E-state index in [0.29, 0.717) is 0 Å². The van der Waals surface area contributed by atoms with Crippen LogP contribution in [0.5, 0.6) is 5.75 Å². The van der Waals surface area contributed by atoms with E-state index < -0.39 is 16.6 Å². The molecule has 0 amide bonds. The molecule has 0 atom stereocenters. The summed E-state index contributed by atoms with van der Waals surface area (Å²) >= 11 is 0. The number of hydrogen-bond donors (Lipinski definition) is 1. The van der Waals surface area contributed by atoms with Gasteiger partial charge in [0, 0.05) is 23.3 Å². The third-order valence-corrected chi connectivity index (χ3v) is 5.24. The number of aromatic hydroxyl groups is 1. The number of hydrogen-bond acceptors (Lipinski definition) is 4. The zero-order valence-corrected chi connectivity index (χ0v) is 15.1. The van der Waals surface area contributed by atoms with Crippen LogP contribution in [-0.2, 0) is 5.41 Å². The van der Waals surface area contributed by atoms with E-state index in [4.69, 9.17) is 0 Å². The predicted molar refractivity (Wildman–Crippen MR) is 102 cm³/mol. The van der Waals surface area contributed by atoms with Gasteiger partial charge in [-0.15, -0.1) is 0 Å². The fraction of sp³-hybridized carbons (Fsp3) is 0.429. The first-order valence-corrected chi connectivity index (χ1v) is 9.01. The van der Waals surface area contributed by atoms with Gasteiger partial charge in [0.05, 0.1) is 5.56 Å². The number of fused-ring (bicyclic) bond motifs is 1. The van der Waals surface area contributed by atoms with Crippen LogP contribution in [0.2, 0.25) is 0 Å². The summed E-state index contributed by atoms with van der Waals surface area (Å²) in [5.74, 6) is -0.407. The molecule has 4 heteroatoms. The molecule has 0 aliphatic carbocycles. The first-order chi connectivity index (χ1) is 11.9. The summed E-state index contributed by atoms with van der Waals surface area (Å²) in [7, 11) is 0. The zero-order chi connectivity index (χ0) is 18.2. The first kappa shape index (κ1) is 17.5. The SMILES string of the molecule is CCCCCCN1C(=Cc2c(O)c(=O)c2=O)C(C)(C)c2ccccc21. The lowest BCUT2D eigenvalue weighted by atomic mass is 9.83. The van der Waals surface area contributed by atoms with Crippen LogP contribution in [0, 0.1) is 0 Å². The molecule has 3 rings (SSSR count). The van der Waals surface area contributed by atoms with E-state index in [2.05, 4.69) is 37.8 Å². The van der Waals surface area contributed by atoms with Crippen LogP contribution >= 0.6 is 0 Å². The highest BCUT2D eigenvalue weighted by Crippen LogP contribution is 2.48. The molecular weight excluding hydrogens is 314 g/mol. The van der Waals surface area contributed by atoms with E-state index >= 15 is 0 Å². The Morgan fingerprint density at radius 3 is 2.48 bits per heavy atom. The topological polar surface area (TPSA) is 57.6 Å². The number of allylic oxidation sites excluding steroid dienone is 1. The minimum Gasteiger partial charge on any atom is -0.504 e. The van der Waals surface area contributed by atoms with E-state index in [1.165, 1.54) is 18.4 Å². The van der Waals surface area contributed by atoms with Crippen molar-refractivity contribution < 1.29 is 5.11 Å². The lowest BCUT2D eigenvalue weighted by Crippen LogP contribution is -2.34. The molecule has 0 saturated carbocycles. The van der Waals surface area contributed by atoms with Gasteiger partial charge in [-0.3, -0.25) is 9.59 Å². The smallest absolute Gasteiger partial charge is 0.268 e. The van der Waals surface area contributed by atoms with Gasteiger partial charge in [-0.25, -0.2) is 0 Å². The summed E-state index contributed by atoms with van der Waals surface area (Å²) in [5, 5.41) is 9.77. The van der Waals surface area contributed by atoms with Crippen LogP contribution in [-0.4, -0.2) is 11.7 Å². The van der Waals surface area contributed by atoms with E-state index in [9.17, 15) is 14.7 Å². The largest absolute Gasteiger partial charge is 0.504 e. The molecule has 0 unspecified atom stereocenters. The van der Waals surface area contributed by atoms with E-state index in [0.717, 1.165) is 30.8 Å². The lowest BCUT2D eigenvalue weighted by Gasteiger charge is -2.27. The molecule has 25 heavy (non-hydrogen) atoms. The van der Waals surface area contributed by atoms with Crippen LogP contribution < -0.4 is 15.8 Å². The van der Waals surface area contributed by atoms with Crippen LogP contribution in [0.3, 0.4) is 0 Å². The Kier molecular flexibility index (Phi) is 4.55. The molecule has 0 radical (unpaired) electrons. The average Bonchev–Trinajstić information content (AvgIpc) is 2.83. The monoisotopic (exact) mass is 339 g/mol. The maximum Gasteiger partial charge on any atom is 0.268 e. The minimum absolute atomic E-state index is 0.138. The molecule has 1 aliphatic heterocycles. The molecule has 4 nitrogen and oxygen atoms in total. The molecule has 132 valence electrons. The Morgan fingerprint density at radius 1 is 1.08 bits per heavy atom. The van der Waals surface area contributed by atoms with E-state index in [1.54, 1.807) is 6.08 Å². The number of rotatable bonds is 6. The molecular formula is C21H25NO3. The molecule has 1 aliphatic rings. The molecule has 0 fully saturated rings. The van der Waals surface area contributed by atoms with Gasteiger partial charge in [0.25, 0.3) is 5.43 Å². The van der Waals surface area contributed by atoms with Crippen molar-refractivity contribution in [1.82, 2.24) is 0 Å². The van der Waals surface area contributed by atoms with Gasteiger partial charge in [-0.2, -0.15) is 0 Å². The second kappa shape index (κ2) is 6.51. The first-order valence-electron chi connectivity index (χ1n) is 9.01. The maximum absolute atomic E-state index is 11.8. The van der Waals surface area contributed by atoms with Crippen LogP contribution in [0.4, 0.5) is 5.69 Å². The summed E-state index contributed by atoms with van der Waals surface area (Å²) in [6, 6.07) is 8.25. The van der Waals surface area contributed by atoms with Gasteiger partial charge >= 0.3 is 0 Å². The van der Waals surface area contributed by atoms with Gasteiger partial charge in [0.1, 0.15) is 0 Å².